The van der Waals surface area contributed by atoms with E-state index >= 15 is 0 Å². The minimum absolute atomic E-state index is 0.148. The predicted molar refractivity (Wildman–Crippen MR) is 110 cm³/mol. The summed E-state index contributed by atoms with van der Waals surface area (Å²) in [4.78, 5) is 22.2. The fraction of sp³-hybridized carbons (Fsp3) is 0.500. The first-order valence-corrected chi connectivity index (χ1v) is 10.5. The first kappa shape index (κ1) is 19.3. The van der Waals surface area contributed by atoms with Crippen LogP contribution in [0, 0.1) is 12.8 Å². The summed E-state index contributed by atoms with van der Waals surface area (Å²) in [5.41, 5.74) is 4.00. The molecule has 0 aliphatic carbocycles. The number of oxazole rings is 1. The molecule has 3 aromatic rings. The van der Waals surface area contributed by atoms with Gasteiger partial charge in [-0.3, -0.25) is 14.6 Å². The Hall–Kier alpha value is -2.71. The molecular formula is C22H27N5O3. The number of piperidine rings is 1. The normalized spacial score (nSPS) is 21.2. The molecule has 0 saturated carbocycles. The lowest BCUT2D eigenvalue weighted by Crippen LogP contribution is -2.47. The van der Waals surface area contributed by atoms with Crippen LogP contribution in [0.3, 0.4) is 0 Å². The van der Waals surface area contributed by atoms with Gasteiger partial charge in [0.1, 0.15) is 12.5 Å². The fourth-order valence-electron chi connectivity index (χ4n) is 4.99. The molecule has 0 amide bonds. The zero-order chi connectivity index (χ0) is 20.7. The second-order valence-electron chi connectivity index (χ2n) is 8.71. The van der Waals surface area contributed by atoms with Crippen molar-refractivity contribution in [3.8, 4) is 0 Å². The maximum absolute atomic E-state index is 13.2. The van der Waals surface area contributed by atoms with E-state index in [1.807, 2.05) is 30.7 Å². The van der Waals surface area contributed by atoms with Gasteiger partial charge in [-0.1, -0.05) is 11.2 Å². The fourth-order valence-corrected chi connectivity index (χ4v) is 4.99. The summed E-state index contributed by atoms with van der Waals surface area (Å²) in [6.45, 7) is 6.66. The summed E-state index contributed by atoms with van der Waals surface area (Å²) in [5, 5.41) is 3.95. The average molecular weight is 409 g/mol. The third-order valence-corrected chi connectivity index (χ3v) is 6.17. The number of hydrogen-bond acceptors (Lipinski definition) is 7. The van der Waals surface area contributed by atoms with Gasteiger partial charge >= 0.3 is 0 Å². The second kappa shape index (κ2) is 7.85. The molecule has 0 spiro atoms. The van der Waals surface area contributed by atoms with Crippen LogP contribution in [0.15, 0.2) is 44.5 Å². The molecular weight excluding hydrogens is 382 g/mol. The molecule has 1 saturated heterocycles. The van der Waals surface area contributed by atoms with Crippen molar-refractivity contribution in [3.63, 3.8) is 0 Å². The molecule has 2 bridgehead atoms. The smallest absolute Gasteiger partial charge is 0.255 e. The first-order valence-electron chi connectivity index (χ1n) is 10.5. The molecule has 0 unspecified atom stereocenters. The number of hydrogen-bond donors (Lipinski definition) is 0. The van der Waals surface area contributed by atoms with Crippen LogP contribution in [0.2, 0.25) is 0 Å². The second-order valence-corrected chi connectivity index (χ2v) is 8.71. The molecule has 5 heterocycles. The van der Waals surface area contributed by atoms with Crippen molar-refractivity contribution in [2.45, 2.75) is 45.4 Å². The summed E-state index contributed by atoms with van der Waals surface area (Å²) in [5.74, 6) is 1.59. The third-order valence-electron chi connectivity index (χ3n) is 6.17. The van der Waals surface area contributed by atoms with Crippen molar-refractivity contribution >= 4 is 0 Å². The van der Waals surface area contributed by atoms with E-state index < -0.39 is 0 Å². The number of likely N-dealkylation sites (tertiary alicyclic amines) is 1. The van der Waals surface area contributed by atoms with Crippen LogP contribution in [0.5, 0.6) is 0 Å². The highest BCUT2D eigenvalue weighted by atomic mass is 16.5. The molecule has 2 aliphatic heterocycles. The van der Waals surface area contributed by atoms with E-state index in [2.05, 4.69) is 26.0 Å². The van der Waals surface area contributed by atoms with Crippen molar-refractivity contribution < 1.29 is 8.94 Å². The number of pyridine rings is 1. The Morgan fingerprint density at radius 3 is 2.83 bits per heavy atom. The Labute approximate surface area is 175 Å². The Balaban J connectivity index is 1.31. The first-order chi connectivity index (χ1) is 14.5. The van der Waals surface area contributed by atoms with E-state index in [0.29, 0.717) is 30.8 Å². The maximum Gasteiger partial charge on any atom is 0.255 e. The van der Waals surface area contributed by atoms with E-state index in [1.54, 1.807) is 12.5 Å². The minimum Gasteiger partial charge on any atom is -0.449 e. The van der Waals surface area contributed by atoms with Gasteiger partial charge in [0.2, 0.25) is 0 Å². The number of aromatic nitrogens is 3. The molecule has 8 heteroatoms. The van der Waals surface area contributed by atoms with Crippen LogP contribution in [0.1, 0.15) is 40.9 Å². The molecule has 3 aromatic heterocycles. The van der Waals surface area contributed by atoms with Crippen molar-refractivity contribution in [2.24, 2.45) is 5.92 Å². The molecule has 30 heavy (non-hydrogen) atoms. The van der Waals surface area contributed by atoms with Crippen molar-refractivity contribution in [1.82, 2.24) is 24.5 Å². The lowest BCUT2D eigenvalue weighted by molar-refractivity contribution is 0.113. The summed E-state index contributed by atoms with van der Waals surface area (Å²) in [6.07, 6.45) is 4.47. The Morgan fingerprint density at radius 2 is 2.07 bits per heavy atom. The Kier molecular flexibility index (Phi) is 5.04. The summed E-state index contributed by atoms with van der Waals surface area (Å²) in [7, 11) is 2.00. The highest BCUT2D eigenvalue weighted by Gasteiger charge is 2.35. The van der Waals surface area contributed by atoms with Crippen molar-refractivity contribution in [2.75, 3.05) is 20.1 Å². The van der Waals surface area contributed by atoms with Crippen LogP contribution in [-0.4, -0.2) is 44.6 Å². The van der Waals surface area contributed by atoms with Crippen LogP contribution in [0.25, 0.3) is 0 Å². The van der Waals surface area contributed by atoms with Gasteiger partial charge in [-0.25, -0.2) is 4.98 Å². The van der Waals surface area contributed by atoms with Crippen LogP contribution in [0.4, 0.5) is 0 Å². The number of rotatable bonds is 6. The molecule has 1 fully saturated rings. The van der Waals surface area contributed by atoms with Gasteiger partial charge in [0.15, 0.2) is 5.89 Å². The van der Waals surface area contributed by atoms with Gasteiger partial charge in [0.25, 0.3) is 5.56 Å². The molecule has 158 valence electrons. The monoisotopic (exact) mass is 409 g/mol. The van der Waals surface area contributed by atoms with Gasteiger partial charge in [-0.05, 0) is 25.5 Å². The van der Waals surface area contributed by atoms with Gasteiger partial charge in [-0.2, -0.15) is 0 Å². The third kappa shape index (κ3) is 3.85. The Morgan fingerprint density at radius 1 is 1.17 bits per heavy atom. The standard InChI is InChI=1S/C22H27N5O3/c1-15-23-20(14-29-15)13-26-8-16-7-18(11-26)21-4-3-17(22(28)27(21)9-16)10-25(2)12-19-5-6-30-24-19/h3-6,14,16,18H,7-13H2,1-2H3/t16-,18+/m0/s1. The minimum atomic E-state index is 0.148. The molecule has 2 atom stereocenters. The number of aryl methyl sites for hydroxylation is 1. The average Bonchev–Trinajstić information content (AvgIpc) is 3.36. The largest absolute Gasteiger partial charge is 0.449 e. The zero-order valence-corrected chi connectivity index (χ0v) is 17.5. The topological polar surface area (TPSA) is 80.5 Å². The number of fused-ring (bicyclic) bond motifs is 4. The number of nitrogens with zero attached hydrogens (tertiary/aromatic N) is 5. The summed E-state index contributed by atoms with van der Waals surface area (Å²) >= 11 is 0. The van der Waals surface area contributed by atoms with Crippen LogP contribution < -0.4 is 5.56 Å². The van der Waals surface area contributed by atoms with E-state index in [0.717, 1.165) is 49.6 Å². The van der Waals surface area contributed by atoms with E-state index in [4.69, 9.17) is 8.94 Å². The van der Waals surface area contributed by atoms with Crippen LogP contribution in [-0.2, 0) is 26.2 Å². The highest BCUT2D eigenvalue weighted by molar-refractivity contribution is 5.22. The van der Waals surface area contributed by atoms with Gasteiger partial charge in [0.05, 0.1) is 11.4 Å². The molecule has 0 aromatic carbocycles. The van der Waals surface area contributed by atoms with E-state index in [1.165, 1.54) is 5.69 Å². The van der Waals surface area contributed by atoms with Gasteiger partial charge in [-0.15, -0.1) is 0 Å². The van der Waals surface area contributed by atoms with Crippen LogP contribution >= 0.6 is 0 Å². The highest BCUT2D eigenvalue weighted by Crippen LogP contribution is 2.35. The van der Waals surface area contributed by atoms with Gasteiger partial charge in [0, 0.05) is 69.4 Å². The van der Waals surface area contributed by atoms with Gasteiger partial charge < -0.3 is 13.5 Å². The Bertz CT molecular complexity index is 1070. The zero-order valence-electron chi connectivity index (χ0n) is 17.5. The SMILES string of the molecule is Cc1nc(CN2C[C@@H]3C[C@H](C2)c2ccc(CN(C)Cc4ccon4)c(=O)n2C3)co1. The molecule has 0 radical (unpaired) electrons. The summed E-state index contributed by atoms with van der Waals surface area (Å²) in [6, 6.07) is 6.02. The lowest BCUT2D eigenvalue weighted by Gasteiger charge is -2.42. The lowest BCUT2D eigenvalue weighted by atomic mass is 9.83. The quantitative estimate of drug-likeness (QED) is 0.618. The predicted octanol–water partition coefficient (Wildman–Crippen LogP) is 2.38. The molecule has 0 N–H and O–H groups in total. The van der Waals surface area contributed by atoms with Crippen molar-refractivity contribution in [3.05, 3.63) is 69.6 Å². The van der Waals surface area contributed by atoms with E-state index in [-0.39, 0.29) is 5.56 Å². The molecule has 2 aliphatic rings. The van der Waals surface area contributed by atoms with Crippen molar-refractivity contribution in [1.29, 1.82) is 0 Å². The molecule has 5 rings (SSSR count). The maximum atomic E-state index is 13.2. The van der Waals surface area contributed by atoms with E-state index in [9.17, 15) is 4.79 Å². The summed E-state index contributed by atoms with van der Waals surface area (Å²) < 4.78 is 12.3. The molecule has 8 nitrogen and oxygen atoms in total.